The Morgan fingerprint density at radius 1 is 1.00 bits per heavy atom. The van der Waals surface area contributed by atoms with E-state index in [1.165, 1.54) is 17.0 Å². The molecule has 0 spiro atoms. The summed E-state index contributed by atoms with van der Waals surface area (Å²) in [5, 5.41) is 13.2. The summed E-state index contributed by atoms with van der Waals surface area (Å²) in [6.45, 7) is 3.79. The summed E-state index contributed by atoms with van der Waals surface area (Å²) in [6.07, 6.45) is 0. The molecule has 7 heteroatoms. The van der Waals surface area contributed by atoms with E-state index in [2.05, 4.69) is 5.32 Å². The number of hydrogen-bond acceptors (Lipinski definition) is 5. The van der Waals surface area contributed by atoms with Gasteiger partial charge in [0.15, 0.2) is 5.43 Å². The van der Waals surface area contributed by atoms with Gasteiger partial charge in [0.2, 0.25) is 0 Å². The Morgan fingerprint density at radius 3 is 2.34 bits per heavy atom. The molecule has 0 aliphatic heterocycles. The van der Waals surface area contributed by atoms with Gasteiger partial charge in [-0.05, 0) is 49.7 Å². The SMILES string of the molecule is Cc1cc([C@@H](C)Nc2ccccc2C(=O)O)c2oc(-c3ccc(C(=O)N(C)C)cc3)cc(=O)c2c1. The lowest BCUT2D eigenvalue weighted by molar-refractivity contribution is 0.0697. The number of aryl methyl sites for hydroxylation is 1. The van der Waals surface area contributed by atoms with E-state index in [1.807, 2.05) is 19.9 Å². The first-order chi connectivity index (χ1) is 16.7. The molecule has 0 unspecified atom stereocenters. The van der Waals surface area contributed by atoms with Crippen molar-refractivity contribution in [3.8, 4) is 11.3 Å². The van der Waals surface area contributed by atoms with Crippen molar-refractivity contribution in [2.45, 2.75) is 19.9 Å². The summed E-state index contributed by atoms with van der Waals surface area (Å²) in [6, 6.07) is 18.4. The van der Waals surface area contributed by atoms with E-state index in [0.29, 0.717) is 33.5 Å². The topological polar surface area (TPSA) is 99.8 Å². The van der Waals surface area contributed by atoms with Crippen LogP contribution in [0.25, 0.3) is 22.3 Å². The molecule has 2 N–H and O–H groups in total. The van der Waals surface area contributed by atoms with E-state index in [-0.39, 0.29) is 22.9 Å². The van der Waals surface area contributed by atoms with Crippen LogP contribution in [-0.2, 0) is 0 Å². The molecular weight excluding hydrogens is 444 g/mol. The fraction of sp³-hybridized carbons (Fsp3) is 0.179. The number of amides is 1. The number of carboxylic acids is 1. The second-order valence-electron chi connectivity index (χ2n) is 8.70. The van der Waals surface area contributed by atoms with E-state index < -0.39 is 5.97 Å². The molecule has 0 aliphatic carbocycles. The van der Waals surface area contributed by atoms with Crippen molar-refractivity contribution in [2.24, 2.45) is 0 Å². The first kappa shape index (κ1) is 23.8. The maximum Gasteiger partial charge on any atom is 0.337 e. The zero-order valence-electron chi connectivity index (χ0n) is 20.0. The van der Waals surface area contributed by atoms with Gasteiger partial charge in [-0.1, -0.05) is 30.3 Å². The minimum absolute atomic E-state index is 0.115. The third-order valence-electron chi connectivity index (χ3n) is 5.82. The summed E-state index contributed by atoms with van der Waals surface area (Å²) in [4.78, 5) is 38.4. The third kappa shape index (κ3) is 4.80. The van der Waals surface area contributed by atoms with E-state index in [0.717, 1.165) is 11.1 Å². The average Bonchev–Trinajstić information content (AvgIpc) is 2.83. The second-order valence-corrected chi connectivity index (χ2v) is 8.70. The quantitative estimate of drug-likeness (QED) is 0.395. The van der Waals surface area contributed by atoms with Gasteiger partial charge in [0.25, 0.3) is 5.91 Å². The van der Waals surface area contributed by atoms with Crippen molar-refractivity contribution in [3.05, 3.63) is 99.2 Å². The van der Waals surface area contributed by atoms with E-state index in [9.17, 15) is 19.5 Å². The Hall–Kier alpha value is -4.39. The molecule has 0 fully saturated rings. The number of carbonyl (C=O) groups is 2. The maximum atomic E-state index is 13.0. The lowest BCUT2D eigenvalue weighted by atomic mass is 10.00. The second kappa shape index (κ2) is 9.46. The van der Waals surface area contributed by atoms with Crippen LogP contribution in [0.5, 0.6) is 0 Å². The number of nitrogens with one attached hydrogen (secondary N) is 1. The van der Waals surface area contributed by atoms with Gasteiger partial charge in [0.1, 0.15) is 11.3 Å². The van der Waals surface area contributed by atoms with Crippen LogP contribution in [0.15, 0.2) is 75.9 Å². The largest absolute Gasteiger partial charge is 0.478 e. The summed E-state index contributed by atoms with van der Waals surface area (Å²) in [5.74, 6) is -0.759. The zero-order valence-corrected chi connectivity index (χ0v) is 20.0. The van der Waals surface area contributed by atoms with E-state index >= 15 is 0 Å². The normalized spacial score (nSPS) is 11.8. The van der Waals surface area contributed by atoms with Crippen LogP contribution in [0.3, 0.4) is 0 Å². The number of nitrogens with zero attached hydrogens (tertiary/aromatic N) is 1. The molecule has 1 amide bonds. The fourth-order valence-corrected chi connectivity index (χ4v) is 4.04. The molecule has 1 heterocycles. The van der Waals surface area contributed by atoms with Gasteiger partial charge < -0.3 is 19.7 Å². The van der Waals surface area contributed by atoms with Crippen LogP contribution >= 0.6 is 0 Å². The summed E-state index contributed by atoms with van der Waals surface area (Å²) in [5.41, 5.74) is 3.71. The van der Waals surface area contributed by atoms with Gasteiger partial charge in [-0.15, -0.1) is 0 Å². The number of benzene rings is 3. The molecule has 0 saturated carbocycles. The van der Waals surface area contributed by atoms with Crippen molar-refractivity contribution < 1.29 is 19.1 Å². The lowest BCUT2D eigenvalue weighted by Gasteiger charge is -2.19. The molecule has 7 nitrogen and oxygen atoms in total. The highest BCUT2D eigenvalue weighted by Crippen LogP contribution is 2.31. The van der Waals surface area contributed by atoms with Crippen LogP contribution in [0.2, 0.25) is 0 Å². The van der Waals surface area contributed by atoms with Crippen molar-refractivity contribution in [3.63, 3.8) is 0 Å². The number of rotatable bonds is 6. The smallest absolute Gasteiger partial charge is 0.337 e. The number of anilines is 1. The van der Waals surface area contributed by atoms with Crippen molar-refractivity contribution in [1.82, 2.24) is 4.90 Å². The van der Waals surface area contributed by atoms with Gasteiger partial charge in [-0.3, -0.25) is 9.59 Å². The molecule has 0 bridgehead atoms. The average molecular weight is 471 g/mol. The number of carbonyl (C=O) groups excluding carboxylic acids is 1. The molecule has 178 valence electrons. The molecule has 4 aromatic rings. The molecule has 0 aliphatic rings. The Balaban J connectivity index is 1.79. The van der Waals surface area contributed by atoms with Gasteiger partial charge in [0, 0.05) is 42.5 Å². The molecular formula is C28H26N2O5. The van der Waals surface area contributed by atoms with Crippen LogP contribution in [0.4, 0.5) is 5.69 Å². The van der Waals surface area contributed by atoms with Crippen LogP contribution in [0, 0.1) is 6.92 Å². The Kier molecular flexibility index (Phi) is 6.42. The predicted molar refractivity (Wildman–Crippen MR) is 136 cm³/mol. The molecule has 0 saturated heterocycles. The number of para-hydroxylation sites is 1. The Labute approximate surface area is 202 Å². The minimum atomic E-state index is -1.03. The number of hydrogen-bond donors (Lipinski definition) is 2. The first-order valence-electron chi connectivity index (χ1n) is 11.1. The van der Waals surface area contributed by atoms with Crippen molar-refractivity contribution in [2.75, 3.05) is 19.4 Å². The minimum Gasteiger partial charge on any atom is -0.478 e. The van der Waals surface area contributed by atoms with Crippen LogP contribution in [0.1, 0.15) is 44.8 Å². The van der Waals surface area contributed by atoms with Gasteiger partial charge in [0.05, 0.1) is 17.0 Å². The predicted octanol–water partition coefficient (Wildman–Crippen LogP) is 5.34. The molecule has 0 radical (unpaired) electrons. The molecule has 3 aromatic carbocycles. The monoisotopic (exact) mass is 470 g/mol. The van der Waals surface area contributed by atoms with E-state index in [4.69, 9.17) is 4.42 Å². The first-order valence-corrected chi connectivity index (χ1v) is 11.1. The summed E-state index contributed by atoms with van der Waals surface area (Å²) >= 11 is 0. The summed E-state index contributed by atoms with van der Waals surface area (Å²) in [7, 11) is 3.37. The fourth-order valence-electron chi connectivity index (χ4n) is 4.04. The maximum absolute atomic E-state index is 13.0. The standard InChI is InChI=1S/C28H26N2O5/c1-16-13-21(17(2)29-23-8-6-5-7-20(23)28(33)34)26-22(14-16)24(31)15-25(35-26)18-9-11-19(12-10-18)27(32)30(3)4/h5-15,17,29H,1-4H3,(H,33,34)/t17-/m1/s1. The highest BCUT2D eigenvalue weighted by molar-refractivity contribution is 5.95. The molecule has 4 rings (SSSR count). The summed E-state index contributed by atoms with van der Waals surface area (Å²) < 4.78 is 6.25. The number of fused-ring (bicyclic) bond motifs is 1. The van der Waals surface area contributed by atoms with Crippen LogP contribution < -0.4 is 10.7 Å². The number of carboxylic acid groups (broad SMARTS) is 1. The zero-order chi connectivity index (χ0) is 25.3. The highest BCUT2D eigenvalue weighted by Gasteiger charge is 2.18. The highest BCUT2D eigenvalue weighted by atomic mass is 16.4. The van der Waals surface area contributed by atoms with Crippen LogP contribution in [-0.4, -0.2) is 36.0 Å². The lowest BCUT2D eigenvalue weighted by Crippen LogP contribution is -2.21. The third-order valence-corrected chi connectivity index (χ3v) is 5.82. The molecule has 1 aromatic heterocycles. The van der Waals surface area contributed by atoms with E-state index in [1.54, 1.807) is 62.6 Å². The Morgan fingerprint density at radius 2 is 1.69 bits per heavy atom. The molecule has 1 atom stereocenters. The Bertz CT molecular complexity index is 1490. The van der Waals surface area contributed by atoms with Crippen molar-refractivity contribution >= 4 is 28.5 Å². The van der Waals surface area contributed by atoms with Gasteiger partial charge >= 0.3 is 5.97 Å². The molecule has 35 heavy (non-hydrogen) atoms. The van der Waals surface area contributed by atoms with Crippen molar-refractivity contribution in [1.29, 1.82) is 0 Å². The number of aromatic carboxylic acids is 1. The van der Waals surface area contributed by atoms with Gasteiger partial charge in [-0.25, -0.2) is 4.79 Å². The van der Waals surface area contributed by atoms with Gasteiger partial charge in [-0.2, -0.15) is 0 Å².